The van der Waals surface area contributed by atoms with Gasteiger partial charge < -0.3 is 24.5 Å². The molecule has 1 aliphatic heterocycles. The van der Waals surface area contributed by atoms with E-state index in [0.717, 1.165) is 16.7 Å². The first kappa shape index (κ1) is 27.5. The van der Waals surface area contributed by atoms with Crippen LogP contribution in [0, 0.1) is 5.82 Å². The molecule has 0 bridgehead atoms. The van der Waals surface area contributed by atoms with Crippen LogP contribution < -0.4 is 20.1 Å². The van der Waals surface area contributed by atoms with Gasteiger partial charge in [-0.1, -0.05) is 17.8 Å². The smallest absolute Gasteiger partial charge is 0.278 e. The number of benzene rings is 3. The van der Waals surface area contributed by atoms with Crippen molar-refractivity contribution in [3.63, 3.8) is 0 Å². The molecule has 0 aliphatic carbocycles. The molecule has 0 radical (unpaired) electrons. The quantitative estimate of drug-likeness (QED) is 0.234. The molecule has 3 aromatic carbocycles. The molecule has 0 saturated heterocycles. The summed E-state index contributed by atoms with van der Waals surface area (Å²) in [7, 11) is 2.98. The van der Waals surface area contributed by atoms with E-state index in [1.165, 1.54) is 44.7 Å². The summed E-state index contributed by atoms with van der Waals surface area (Å²) in [5, 5.41) is 5.81. The van der Waals surface area contributed by atoms with Gasteiger partial charge in [0.05, 0.1) is 32.6 Å². The minimum atomic E-state index is -0.547. The van der Waals surface area contributed by atoms with Gasteiger partial charge in [-0.3, -0.25) is 19.3 Å². The summed E-state index contributed by atoms with van der Waals surface area (Å²) in [6.45, 7) is -0.0525. The zero-order valence-electron chi connectivity index (χ0n) is 22.0. The van der Waals surface area contributed by atoms with Crippen LogP contribution in [-0.2, 0) is 16.1 Å². The molecule has 1 aromatic heterocycles. The molecule has 0 saturated carbocycles. The van der Waals surface area contributed by atoms with E-state index >= 15 is 0 Å². The number of amides is 3. The van der Waals surface area contributed by atoms with Crippen molar-refractivity contribution in [3.05, 3.63) is 113 Å². The molecule has 11 heteroatoms. The number of anilines is 2. The van der Waals surface area contributed by atoms with Crippen LogP contribution in [0.5, 0.6) is 11.5 Å². The third kappa shape index (κ3) is 6.10. The monoisotopic (exact) mass is 573 g/mol. The molecule has 4 aromatic rings. The molecule has 1 aliphatic rings. The first-order valence-electron chi connectivity index (χ1n) is 12.3. The van der Waals surface area contributed by atoms with E-state index in [0.29, 0.717) is 39.1 Å². The minimum Gasteiger partial charge on any atom is -0.497 e. The van der Waals surface area contributed by atoms with Crippen LogP contribution in [0.25, 0.3) is 0 Å². The van der Waals surface area contributed by atoms with Crippen molar-refractivity contribution in [1.82, 2.24) is 4.90 Å². The van der Waals surface area contributed by atoms with Crippen molar-refractivity contribution in [2.24, 2.45) is 0 Å². The Morgan fingerprint density at radius 1 is 0.927 bits per heavy atom. The molecule has 0 unspecified atom stereocenters. The molecule has 0 atom stereocenters. The summed E-state index contributed by atoms with van der Waals surface area (Å²) in [4.78, 5) is 41.7. The number of hydrogen-bond donors (Lipinski definition) is 2. The predicted molar refractivity (Wildman–Crippen MR) is 151 cm³/mol. The number of imide groups is 1. The van der Waals surface area contributed by atoms with E-state index in [1.54, 1.807) is 54.6 Å². The van der Waals surface area contributed by atoms with Gasteiger partial charge in [0.25, 0.3) is 17.7 Å². The molecule has 2 N–H and O–H groups in total. The van der Waals surface area contributed by atoms with Crippen LogP contribution in [0.4, 0.5) is 15.8 Å². The maximum atomic E-state index is 13.5. The number of methoxy groups -OCH3 is 2. The highest BCUT2D eigenvalue weighted by Gasteiger charge is 2.39. The van der Waals surface area contributed by atoms with Crippen molar-refractivity contribution in [3.8, 4) is 11.5 Å². The maximum absolute atomic E-state index is 13.5. The molecule has 3 amide bonds. The van der Waals surface area contributed by atoms with Gasteiger partial charge in [-0.2, -0.15) is 0 Å². The number of ether oxygens (including phenoxy) is 2. The van der Waals surface area contributed by atoms with E-state index in [1.807, 2.05) is 0 Å². The van der Waals surface area contributed by atoms with E-state index in [4.69, 9.17) is 13.9 Å². The number of furan rings is 1. The Kier molecular flexibility index (Phi) is 8.06. The van der Waals surface area contributed by atoms with E-state index in [-0.39, 0.29) is 17.1 Å². The second-order valence-corrected chi connectivity index (χ2v) is 9.85. The first-order valence-corrected chi connectivity index (χ1v) is 13.1. The van der Waals surface area contributed by atoms with E-state index in [2.05, 4.69) is 10.6 Å². The Labute approximate surface area is 238 Å². The molecular weight excluding hydrogens is 549 g/mol. The van der Waals surface area contributed by atoms with Crippen LogP contribution in [0.15, 0.2) is 105 Å². The predicted octanol–water partition coefficient (Wildman–Crippen LogP) is 5.67. The van der Waals surface area contributed by atoms with Crippen molar-refractivity contribution in [2.75, 3.05) is 24.9 Å². The highest BCUT2D eigenvalue weighted by atomic mass is 32.2. The zero-order valence-corrected chi connectivity index (χ0v) is 22.8. The minimum absolute atomic E-state index is 0.0515. The standard InChI is InChI=1S/C30H24FN3O6S/c1-38-21-12-13-24(25(16-21)39-2)28(35)33-20-5-3-7-23(15-20)41-27-26(32-19-10-8-18(31)9-11-19)29(36)34(30(27)37)17-22-6-4-14-40-22/h3-16,32H,17H2,1-2H3,(H,33,35). The van der Waals surface area contributed by atoms with Gasteiger partial charge >= 0.3 is 0 Å². The molecule has 5 rings (SSSR count). The van der Waals surface area contributed by atoms with E-state index < -0.39 is 23.5 Å². The molecule has 0 spiro atoms. The van der Waals surface area contributed by atoms with E-state index in [9.17, 15) is 18.8 Å². The summed E-state index contributed by atoms with van der Waals surface area (Å²) in [5.41, 5.74) is 1.27. The second kappa shape index (κ2) is 12.0. The number of thioether (sulfide) groups is 1. The van der Waals surface area contributed by atoms with Gasteiger partial charge in [0.15, 0.2) is 0 Å². The fourth-order valence-corrected chi connectivity index (χ4v) is 5.08. The highest BCUT2D eigenvalue weighted by Crippen LogP contribution is 2.37. The highest BCUT2D eigenvalue weighted by molar-refractivity contribution is 8.04. The van der Waals surface area contributed by atoms with Crippen molar-refractivity contribution >= 4 is 40.9 Å². The number of hydrogen-bond acceptors (Lipinski definition) is 8. The summed E-state index contributed by atoms with van der Waals surface area (Å²) in [6, 6.07) is 20.5. The molecule has 208 valence electrons. The average Bonchev–Trinajstić information content (AvgIpc) is 3.57. The molecule has 2 heterocycles. The topological polar surface area (TPSA) is 110 Å². The zero-order chi connectivity index (χ0) is 28.9. The molecule has 41 heavy (non-hydrogen) atoms. The number of nitrogens with zero attached hydrogens (tertiary/aromatic N) is 1. The summed E-state index contributed by atoms with van der Waals surface area (Å²) >= 11 is 1.07. The lowest BCUT2D eigenvalue weighted by molar-refractivity contribution is -0.138. The van der Waals surface area contributed by atoms with Crippen LogP contribution in [0.1, 0.15) is 16.1 Å². The van der Waals surface area contributed by atoms with Gasteiger partial charge in [-0.15, -0.1) is 0 Å². The van der Waals surface area contributed by atoms with Gasteiger partial charge in [0.1, 0.15) is 33.7 Å². The second-order valence-electron chi connectivity index (χ2n) is 8.76. The Morgan fingerprint density at radius 3 is 2.44 bits per heavy atom. The molecule has 9 nitrogen and oxygen atoms in total. The third-order valence-electron chi connectivity index (χ3n) is 6.10. The molecule has 0 fully saturated rings. The number of halogens is 1. The lowest BCUT2D eigenvalue weighted by Gasteiger charge is -2.13. The average molecular weight is 574 g/mol. The number of rotatable bonds is 10. The first-order chi connectivity index (χ1) is 19.9. The van der Waals surface area contributed by atoms with Gasteiger partial charge in [-0.25, -0.2) is 4.39 Å². The van der Waals surface area contributed by atoms with Crippen molar-refractivity contribution in [2.45, 2.75) is 11.4 Å². The van der Waals surface area contributed by atoms with Gasteiger partial charge in [-0.05, 0) is 66.7 Å². The Morgan fingerprint density at radius 2 is 1.73 bits per heavy atom. The lowest BCUT2D eigenvalue weighted by Crippen LogP contribution is -2.31. The molecular formula is C30H24FN3O6S. The Hall–Kier alpha value is -5.03. The fraction of sp³-hybridized carbons (Fsp3) is 0.100. The lowest BCUT2D eigenvalue weighted by atomic mass is 10.1. The van der Waals surface area contributed by atoms with Crippen LogP contribution in [0.2, 0.25) is 0 Å². The summed E-state index contributed by atoms with van der Waals surface area (Å²) in [6.07, 6.45) is 1.46. The van der Waals surface area contributed by atoms with Crippen molar-refractivity contribution in [1.29, 1.82) is 0 Å². The Bertz CT molecular complexity index is 1640. The van der Waals surface area contributed by atoms with Gasteiger partial charge in [0.2, 0.25) is 0 Å². The maximum Gasteiger partial charge on any atom is 0.278 e. The summed E-state index contributed by atoms with van der Waals surface area (Å²) in [5.74, 6) is -0.557. The normalized spacial score (nSPS) is 13.0. The number of carbonyl (C=O) groups is 3. The number of nitrogens with one attached hydrogen (secondary N) is 2. The van der Waals surface area contributed by atoms with Crippen molar-refractivity contribution < 1.29 is 32.7 Å². The van der Waals surface area contributed by atoms with Crippen LogP contribution >= 0.6 is 11.8 Å². The van der Waals surface area contributed by atoms with Gasteiger partial charge in [0, 0.05) is 22.3 Å². The SMILES string of the molecule is COc1ccc(C(=O)Nc2cccc(SC3=C(Nc4ccc(F)cc4)C(=O)N(Cc4ccco4)C3=O)c2)c(OC)c1. The van der Waals surface area contributed by atoms with Crippen LogP contribution in [-0.4, -0.2) is 36.8 Å². The Balaban J connectivity index is 1.41. The fourth-order valence-electron chi connectivity index (χ4n) is 4.08. The number of carbonyl (C=O) groups excluding carboxylic acids is 3. The van der Waals surface area contributed by atoms with Crippen LogP contribution in [0.3, 0.4) is 0 Å². The largest absolute Gasteiger partial charge is 0.497 e. The summed E-state index contributed by atoms with van der Waals surface area (Å²) < 4.78 is 29.3. The third-order valence-corrected chi connectivity index (χ3v) is 7.17.